The Balaban J connectivity index is 1.74. The third-order valence-electron chi connectivity index (χ3n) is 4.28. The van der Waals surface area contributed by atoms with Crippen molar-refractivity contribution in [1.29, 1.82) is 0 Å². The van der Waals surface area contributed by atoms with Gasteiger partial charge in [-0.3, -0.25) is 0 Å². The van der Waals surface area contributed by atoms with E-state index < -0.39 is 0 Å². The van der Waals surface area contributed by atoms with Gasteiger partial charge < -0.3 is 14.8 Å². The molecule has 2 saturated heterocycles. The Hall–Kier alpha value is -0.420. The molecule has 0 amide bonds. The summed E-state index contributed by atoms with van der Waals surface area (Å²) in [4.78, 5) is 0. The first kappa shape index (κ1) is 12.6. The predicted octanol–water partition coefficient (Wildman–Crippen LogP) is 2.59. The fraction of sp³-hybridized carbons (Fsp3) is 0.714. The number of hydrogen-bond acceptors (Lipinski definition) is 4. The van der Waals surface area contributed by atoms with Crippen LogP contribution in [0, 0.1) is 5.92 Å². The minimum atomic E-state index is 0.00797. The molecule has 2 aliphatic heterocycles. The summed E-state index contributed by atoms with van der Waals surface area (Å²) in [5, 5.41) is 7.91. The van der Waals surface area contributed by atoms with E-state index in [4.69, 9.17) is 9.47 Å². The number of nitrogens with one attached hydrogen (secondary N) is 1. The van der Waals surface area contributed by atoms with Crippen LogP contribution in [0.25, 0.3) is 0 Å². The average molecular weight is 267 g/mol. The van der Waals surface area contributed by atoms with E-state index >= 15 is 0 Å². The zero-order chi connectivity index (χ0) is 12.4. The molecule has 2 fully saturated rings. The molecule has 3 atom stereocenters. The van der Waals surface area contributed by atoms with Crippen molar-refractivity contribution in [1.82, 2.24) is 5.32 Å². The minimum absolute atomic E-state index is 0.00797. The quantitative estimate of drug-likeness (QED) is 0.913. The normalized spacial score (nSPS) is 33.9. The van der Waals surface area contributed by atoms with E-state index in [9.17, 15) is 0 Å². The monoisotopic (exact) mass is 267 g/mol. The van der Waals surface area contributed by atoms with Gasteiger partial charge in [0.25, 0.3) is 0 Å². The molecule has 1 N–H and O–H groups in total. The van der Waals surface area contributed by atoms with Gasteiger partial charge in [0.15, 0.2) is 0 Å². The van der Waals surface area contributed by atoms with Crippen molar-refractivity contribution in [3.63, 3.8) is 0 Å². The molecular weight excluding hydrogens is 246 g/mol. The van der Waals surface area contributed by atoms with E-state index in [1.165, 1.54) is 5.56 Å². The van der Waals surface area contributed by atoms with E-state index in [1.54, 1.807) is 11.3 Å². The molecule has 18 heavy (non-hydrogen) atoms. The molecule has 0 radical (unpaired) electrons. The molecule has 1 aromatic rings. The SMILES string of the molecule is CNC(c1ccsc1)C1CCOC2(CCOC2)C1. The van der Waals surface area contributed by atoms with Crippen molar-refractivity contribution in [3.8, 4) is 0 Å². The van der Waals surface area contributed by atoms with E-state index in [0.29, 0.717) is 12.0 Å². The molecule has 3 nitrogen and oxygen atoms in total. The Bertz CT molecular complexity index is 373. The van der Waals surface area contributed by atoms with Crippen LogP contribution in [-0.4, -0.2) is 32.5 Å². The largest absolute Gasteiger partial charge is 0.378 e. The first-order chi connectivity index (χ1) is 8.83. The van der Waals surface area contributed by atoms with Crippen LogP contribution in [-0.2, 0) is 9.47 Å². The van der Waals surface area contributed by atoms with Crippen molar-refractivity contribution in [3.05, 3.63) is 22.4 Å². The van der Waals surface area contributed by atoms with Crippen LogP contribution in [0.3, 0.4) is 0 Å². The topological polar surface area (TPSA) is 30.5 Å². The van der Waals surface area contributed by atoms with E-state index in [-0.39, 0.29) is 5.60 Å². The number of ether oxygens (including phenoxy) is 2. The Morgan fingerprint density at radius 1 is 1.50 bits per heavy atom. The van der Waals surface area contributed by atoms with Crippen LogP contribution in [0.15, 0.2) is 16.8 Å². The number of rotatable bonds is 3. The number of thiophene rings is 1. The standard InChI is InChI=1S/C14H21NO2S/c1-15-13(12-3-7-18-9-12)11-2-5-17-14(8-11)4-6-16-10-14/h3,7,9,11,13,15H,2,4-6,8,10H2,1H3. The summed E-state index contributed by atoms with van der Waals surface area (Å²) in [6.07, 6.45) is 3.32. The molecule has 0 aliphatic carbocycles. The van der Waals surface area contributed by atoms with Gasteiger partial charge in [-0.25, -0.2) is 0 Å². The smallest absolute Gasteiger partial charge is 0.0940 e. The van der Waals surface area contributed by atoms with E-state index in [2.05, 4.69) is 29.2 Å². The van der Waals surface area contributed by atoms with Gasteiger partial charge in [0.2, 0.25) is 0 Å². The molecule has 100 valence electrons. The predicted molar refractivity (Wildman–Crippen MR) is 73.0 cm³/mol. The lowest BCUT2D eigenvalue weighted by atomic mass is 9.79. The Kier molecular flexibility index (Phi) is 3.71. The maximum absolute atomic E-state index is 6.02. The lowest BCUT2D eigenvalue weighted by molar-refractivity contribution is -0.103. The van der Waals surface area contributed by atoms with Gasteiger partial charge in [0, 0.05) is 25.7 Å². The van der Waals surface area contributed by atoms with Crippen molar-refractivity contribution >= 4 is 11.3 Å². The third-order valence-corrected chi connectivity index (χ3v) is 4.98. The highest BCUT2D eigenvalue weighted by Crippen LogP contribution is 2.41. The van der Waals surface area contributed by atoms with Crippen LogP contribution in [0.5, 0.6) is 0 Å². The molecule has 1 aromatic heterocycles. The average Bonchev–Trinajstić information content (AvgIpc) is 3.03. The van der Waals surface area contributed by atoms with Gasteiger partial charge in [0.05, 0.1) is 12.2 Å². The summed E-state index contributed by atoms with van der Waals surface area (Å²) in [5.74, 6) is 0.653. The molecule has 3 unspecified atom stereocenters. The molecule has 2 aliphatic rings. The van der Waals surface area contributed by atoms with Gasteiger partial charge in [-0.15, -0.1) is 0 Å². The van der Waals surface area contributed by atoms with Gasteiger partial charge in [-0.2, -0.15) is 11.3 Å². The summed E-state index contributed by atoms with van der Waals surface area (Å²) in [7, 11) is 2.07. The second-order valence-electron chi connectivity index (χ2n) is 5.41. The second-order valence-corrected chi connectivity index (χ2v) is 6.19. The molecule has 0 bridgehead atoms. The molecule has 0 aromatic carbocycles. The first-order valence-electron chi connectivity index (χ1n) is 6.74. The number of hydrogen-bond donors (Lipinski definition) is 1. The zero-order valence-corrected chi connectivity index (χ0v) is 11.7. The fourth-order valence-corrected chi connectivity index (χ4v) is 4.04. The molecule has 3 heterocycles. The maximum atomic E-state index is 6.02. The Morgan fingerprint density at radius 2 is 2.44 bits per heavy atom. The van der Waals surface area contributed by atoms with Crippen molar-refractivity contribution < 1.29 is 9.47 Å². The first-order valence-corrected chi connectivity index (χ1v) is 7.68. The second kappa shape index (κ2) is 5.29. The minimum Gasteiger partial charge on any atom is -0.378 e. The van der Waals surface area contributed by atoms with E-state index in [0.717, 1.165) is 39.1 Å². The highest BCUT2D eigenvalue weighted by Gasteiger charge is 2.42. The fourth-order valence-electron chi connectivity index (χ4n) is 3.34. The molecule has 0 saturated carbocycles. The van der Waals surface area contributed by atoms with Gasteiger partial charge in [0.1, 0.15) is 0 Å². The van der Waals surface area contributed by atoms with Crippen LogP contribution in [0.4, 0.5) is 0 Å². The van der Waals surface area contributed by atoms with Crippen LogP contribution in [0.2, 0.25) is 0 Å². The van der Waals surface area contributed by atoms with Gasteiger partial charge in [-0.05, 0) is 48.2 Å². The summed E-state index contributed by atoms with van der Waals surface area (Å²) < 4.78 is 11.6. The van der Waals surface area contributed by atoms with Crippen LogP contribution in [0.1, 0.15) is 30.9 Å². The zero-order valence-electron chi connectivity index (χ0n) is 10.9. The van der Waals surface area contributed by atoms with Crippen LogP contribution < -0.4 is 5.32 Å². The Morgan fingerprint density at radius 3 is 3.11 bits per heavy atom. The van der Waals surface area contributed by atoms with E-state index in [1.807, 2.05) is 0 Å². The maximum Gasteiger partial charge on any atom is 0.0940 e. The van der Waals surface area contributed by atoms with Crippen molar-refractivity contribution in [2.75, 3.05) is 26.9 Å². The molecule has 3 rings (SSSR count). The highest BCUT2D eigenvalue weighted by atomic mass is 32.1. The van der Waals surface area contributed by atoms with Gasteiger partial charge in [-0.1, -0.05) is 0 Å². The third kappa shape index (κ3) is 2.35. The molecule has 4 heteroatoms. The van der Waals surface area contributed by atoms with Crippen LogP contribution >= 0.6 is 11.3 Å². The Labute approximate surface area is 112 Å². The summed E-state index contributed by atoms with van der Waals surface area (Å²) in [5.41, 5.74) is 1.43. The summed E-state index contributed by atoms with van der Waals surface area (Å²) in [6, 6.07) is 2.69. The lowest BCUT2D eigenvalue weighted by Gasteiger charge is -2.40. The van der Waals surface area contributed by atoms with Gasteiger partial charge >= 0.3 is 0 Å². The lowest BCUT2D eigenvalue weighted by Crippen LogP contribution is -2.43. The summed E-state index contributed by atoms with van der Waals surface area (Å²) >= 11 is 1.78. The molecular formula is C14H21NO2S. The molecule has 1 spiro atoms. The van der Waals surface area contributed by atoms with Crippen molar-refractivity contribution in [2.24, 2.45) is 5.92 Å². The summed E-state index contributed by atoms with van der Waals surface area (Å²) in [6.45, 7) is 2.51. The highest BCUT2D eigenvalue weighted by molar-refractivity contribution is 7.07. The van der Waals surface area contributed by atoms with Crippen molar-refractivity contribution in [2.45, 2.75) is 30.9 Å².